The molecular weight excluding hydrogens is 280 g/mol. The van der Waals surface area contributed by atoms with Gasteiger partial charge in [-0.2, -0.15) is 0 Å². The van der Waals surface area contributed by atoms with Crippen molar-refractivity contribution < 1.29 is 14.8 Å². The highest BCUT2D eigenvalue weighted by Crippen LogP contribution is 2.42. The van der Waals surface area contributed by atoms with E-state index >= 15 is 0 Å². The SMILES string of the molecule is COC1(C)CCCN(c2sc([C@@H](C)O)cc2[N+](=O)[O-])C1. The lowest BCUT2D eigenvalue weighted by Crippen LogP contribution is -2.47. The van der Waals surface area contributed by atoms with Crippen LogP contribution in [-0.4, -0.2) is 35.8 Å². The number of thiophene rings is 1. The second-order valence-electron chi connectivity index (χ2n) is 5.45. The van der Waals surface area contributed by atoms with Gasteiger partial charge in [0.1, 0.15) is 0 Å². The zero-order valence-corrected chi connectivity index (χ0v) is 12.8. The summed E-state index contributed by atoms with van der Waals surface area (Å²) in [7, 11) is 1.67. The third-order valence-electron chi connectivity index (χ3n) is 3.76. The predicted molar refractivity (Wildman–Crippen MR) is 78.5 cm³/mol. The maximum absolute atomic E-state index is 11.2. The first-order chi connectivity index (χ1) is 9.36. The minimum atomic E-state index is -0.689. The number of aliphatic hydroxyl groups excluding tert-OH is 1. The Kier molecular flexibility index (Phi) is 4.31. The zero-order chi connectivity index (χ0) is 14.9. The van der Waals surface area contributed by atoms with Crippen molar-refractivity contribution in [2.75, 3.05) is 25.1 Å². The Morgan fingerprint density at radius 2 is 2.35 bits per heavy atom. The molecule has 7 heteroatoms. The Balaban J connectivity index is 2.33. The Morgan fingerprint density at radius 1 is 1.65 bits per heavy atom. The highest BCUT2D eigenvalue weighted by molar-refractivity contribution is 7.16. The first-order valence-electron chi connectivity index (χ1n) is 6.62. The second kappa shape index (κ2) is 5.67. The molecule has 112 valence electrons. The van der Waals surface area contributed by atoms with Gasteiger partial charge in [-0.25, -0.2) is 0 Å². The number of anilines is 1. The maximum Gasteiger partial charge on any atom is 0.304 e. The van der Waals surface area contributed by atoms with E-state index in [1.165, 1.54) is 17.4 Å². The smallest absolute Gasteiger partial charge is 0.304 e. The monoisotopic (exact) mass is 300 g/mol. The number of rotatable bonds is 4. The molecule has 0 aromatic carbocycles. The van der Waals surface area contributed by atoms with Crippen LogP contribution in [-0.2, 0) is 4.74 Å². The van der Waals surface area contributed by atoms with E-state index in [2.05, 4.69) is 0 Å². The third kappa shape index (κ3) is 2.94. The molecular formula is C13H20N2O4S. The molecule has 0 saturated carbocycles. The fraction of sp³-hybridized carbons (Fsp3) is 0.692. The summed E-state index contributed by atoms with van der Waals surface area (Å²) in [5.41, 5.74) is -0.201. The Bertz CT molecular complexity index is 503. The lowest BCUT2D eigenvalue weighted by molar-refractivity contribution is -0.383. The van der Waals surface area contributed by atoms with Gasteiger partial charge in [-0.15, -0.1) is 11.3 Å². The number of nitrogens with zero attached hydrogens (tertiary/aromatic N) is 2. The summed E-state index contributed by atoms with van der Waals surface area (Å²) in [6.45, 7) is 5.05. The van der Waals surface area contributed by atoms with Gasteiger partial charge in [0.05, 0.1) is 16.6 Å². The van der Waals surface area contributed by atoms with Crippen LogP contribution in [0.3, 0.4) is 0 Å². The van der Waals surface area contributed by atoms with E-state index in [1.807, 2.05) is 11.8 Å². The number of aliphatic hydroxyl groups is 1. The number of nitro groups is 1. The molecule has 1 aromatic rings. The molecule has 0 bridgehead atoms. The quantitative estimate of drug-likeness (QED) is 0.683. The molecule has 20 heavy (non-hydrogen) atoms. The second-order valence-corrected chi connectivity index (χ2v) is 6.51. The van der Waals surface area contributed by atoms with Gasteiger partial charge < -0.3 is 14.7 Å². The predicted octanol–water partition coefficient (Wildman–Crippen LogP) is 2.71. The van der Waals surface area contributed by atoms with E-state index in [1.54, 1.807) is 14.0 Å². The molecule has 1 unspecified atom stereocenters. The molecule has 1 aromatic heterocycles. The molecule has 2 heterocycles. The van der Waals surface area contributed by atoms with Gasteiger partial charge in [-0.1, -0.05) is 0 Å². The summed E-state index contributed by atoms with van der Waals surface area (Å²) in [5, 5.41) is 21.5. The van der Waals surface area contributed by atoms with E-state index in [-0.39, 0.29) is 16.2 Å². The molecule has 1 saturated heterocycles. The number of methoxy groups -OCH3 is 1. The zero-order valence-electron chi connectivity index (χ0n) is 12.0. The van der Waals surface area contributed by atoms with Crippen LogP contribution >= 0.6 is 11.3 Å². The van der Waals surface area contributed by atoms with Gasteiger partial charge in [-0.05, 0) is 26.7 Å². The summed E-state index contributed by atoms with van der Waals surface area (Å²) >= 11 is 1.29. The van der Waals surface area contributed by atoms with Gasteiger partial charge in [0.15, 0.2) is 5.00 Å². The van der Waals surface area contributed by atoms with Gasteiger partial charge in [-0.3, -0.25) is 10.1 Å². The molecule has 1 aliphatic rings. The lowest BCUT2D eigenvalue weighted by Gasteiger charge is -2.39. The van der Waals surface area contributed by atoms with E-state index in [4.69, 9.17) is 4.74 Å². The molecule has 2 rings (SSSR count). The largest absolute Gasteiger partial charge is 0.388 e. The van der Waals surface area contributed by atoms with Crippen molar-refractivity contribution in [2.24, 2.45) is 0 Å². The van der Waals surface area contributed by atoms with Crippen LogP contribution in [0.25, 0.3) is 0 Å². The molecule has 1 aliphatic heterocycles. The van der Waals surface area contributed by atoms with Gasteiger partial charge in [0.25, 0.3) is 0 Å². The summed E-state index contributed by atoms with van der Waals surface area (Å²) in [6, 6.07) is 1.48. The van der Waals surface area contributed by atoms with Crippen LogP contribution in [0.5, 0.6) is 0 Å². The highest BCUT2D eigenvalue weighted by atomic mass is 32.1. The highest BCUT2D eigenvalue weighted by Gasteiger charge is 2.35. The average Bonchev–Trinajstić information content (AvgIpc) is 2.84. The minimum Gasteiger partial charge on any atom is -0.388 e. The van der Waals surface area contributed by atoms with Gasteiger partial charge in [0, 0.05) is 31.1 Å². The summed E-state index contributed by atoms with van der Waals surface area (Å²) in [5.74, 6) is 0. The summed E-state index contributed by atoms with van der Waals surface area (Å²) in [4.78, 5) is 13.4. The molecule has 0 spiro atoms. The van der Waals surface area contributed by atoms with Crippen molar-refractivity contribution in [3.05, 3.63) is 21.1 Å². The van der Waals surface area contributed by atoms with Crippen molar-refractivity contribution >= 4 is 22.0 Å². The van der Waals surface area contributed by atoms with Crippen molar-refractivity contribution in [3.63, 3.8) is 0 Å². The van der Waals surface area contributed by atoms with Crippen LogP contribution in [0.15, 0.2) is 6.07 Å². The summed E-state index contributed by atoms with van der Waals surface area (Å²) in [6.07, 6.45) is 1.19. The molecule has 0 aliphatic carbocycles. The Labute approximate surface area is 122 Å². The van der Waals surface area contributed by atoms with Crippen molar-refractivity contribution in [3.8, 4) is 0 Å². The molecule has 0 radical (unpaired) electrons. The van der Waals surface area contributed by atoms with Crippen molar-refractivity contribution in [1.29, 1.82) is 0 Å². The average molecular weight is 300 g/mol. The van der Waals surface area contributed by atoms with E-state index in [9.17, 15) is 15.2 Å². The molecule has 1 fully saturated rings. The standard InChI is InChI=1S/C13H20N2O4S/c1-9(16)11-7-10(15(17)18)12(20-11)14-6-4-5-13(2,8-14)19-3/h7,9,16H,4-6,8H2,1-3H3/t9-,13?/m1/s1. The topological polar surface area (TPSA) is 75.8 Å². The fourth-order valence-electron chi connectivity index (χ4n) is 2.50. The fourth-order valence-corrected chi connectivity index (χ4v) is 3.59. The van der Waals surface area contributed by atoms with E-state index in [0.29, 0.717) is 16.4 Å². The number of hydrogen-bond acceptors (Lipinski definition) is 6. The molecule has 0 amide bonds. The lowest BCUT2D eigenvalue weighted by atomic mass is 9.95. The normalized spacial score (nSPS) is 24.7. The molecule has 2 atom stereocenters. The van der Waals surface area contributed by atoms with Gasteiger partial charge >= 0.3 is 5.69 Å². The molecule has 1 N–H and O–H groups in total. The molecule has 6 nitrogen and oxygen atoms in total. The van der Waals surface area contributed by atoms with E-state index < -0.39 is 6.10 Å². The van der Waals surface area contributed by atoms with Crippen molar-refractivity contribution in [2.45, 2.75) is 38.4 Å². The van der Waals surface area contributed by atoms with Crippen molar-refractivity contribution in [1.82, 2.24) is 0 Å². The Morgan fingerprint density at radius 3 is 2.90 bits per heavy atom. The first-order valence-corrected chi connectivity index (χ1v) is 7.44. The number of hydrogen-bond donors (Lipinski definition) is 1. The summed E-state index contributed by atoms with van der Waals surface area (Å²) < 4.78 is 5.53. The Hall–Kier alpha value is -1.18. The number of piperidine rings is 1. The number of ether oxygens (including phenoxy) is 1. The van der Waals surface area contributed by atoms with Crippen LogP contribution in [0, 0.1) is 10.1 Å². The van der Waals surface area contributed by atoms with Crippen LogP contribution < -0.4 is 4.90 Å². The minimum absolute atomic E-state index is 0.0752. The van der Waals surface area contributed by atoms with Crippen LogP contribution in [0.1, 0.15) is 37.7 Å². The maximum atomic E-state index is 11.2. The van der Waals surface area contributed by atoms with E-state index in [0.717, 1.165) is 19.4 Å². The first kappa shape index (κ1) is 15.2. The van der Waals surface area contributed by atoms with Crippen LogP contribution in [0.2, 0.25) is 0 Å². The third-order valence-corrected chi connectivity index (χ3v) is 5.12. The van der Waals surface area contributed by atoms with Gasteiger partial charge in [0.2, 0.25) is 0 Å². The van der Waals surface area contributed by atoms with Crippen LogP contribution in [0.4, 0.5) is 10.7 Å².